The van der Waals surface area contributed by atoms with Gasteiger partial charge < -0.3 is 9.64 Å². The van der Waals surface area contributed by atoms with Crippen LogP contribution in [0.15, 0.2) is 24.3 Å². The molecule has 5 nitrogen and oxygen atoms in total. The van der Waals surface area contributed by atoms with Crippen molar-refractivity contribution in [1.29, 1.82) is 0 Å². The minimum Gasteiger partial charge on any atom is -0.463 e. The first-order chi connectivity index (χ1) is 10.1. The Morgan fingerprint density at radius 1 is 1.48 bits per heavy atom. The molecule has 1 atom stereocenters. The van der Waals surface area contributed by atoms with E-state index in [1.54, 1.807) is 16.5 Å². The monoisotopic (exact) mass is 287 g/mol. The molecule has 112 valence electrons. The number of ether oxygens (including phenoxy) is 1. The molecule has 0 unspecified atom stereocenters. The normalized spacial score (nSPS) is 16.0. The molecule has 1 aromatic heterocycles. The fourth-order valence-corrected chi connectivity index (χ4v) is 2.57. The van der Waals surface area contributed by atoms with Gasteiger partial charge in [0.05, 0.1) is 10.9 Å². The molecule has 0 N–H and O–H groups in total. The molecule has 1 aromatic carbocycles. The summed E-state index contributed by atoms with van der Waals surface area (Å²) in [6, 6.07) is 7.86. The molecular weight excluding hydrogens is 266 g/mol. The average molecular weight is 287 g/mol. The summed E-state index contributed by atoms with van der Waals surface area (Å²) < 4.78 is 7.58. The molecule has 1 heterocycles. The molecule has 1 aliphatic carbocycles. The van der Waals surface area contributed by atoms with Crippen molar-refractivity contribution in [3.05, 3.63) is 24.3 Å². The van der Waals surface area contributed by atoms with Gasteiger partial charge in [-0.3, -0.25) is 9.48 Å². The number of carbonyl (C=O) groups is 1. The first-order valence-corrected chi connectivity index (χ1v) is 7.39. The number of nitrogens with zero attached hydrogens (tertiary/aromatic N) is 3. The van der Waals surface area contributed by atoms with Crippen molar-refractivity contribution in [2.24, 2.45) is 13.0 Å². The Morgan fingerprint density at radius 3 is 2.90 bits per heavy atom. The zero-order valence-electron chi connectivity index (χ0n) is 12.7. The third kappa shape index (κ3) is 2.86. The second-order valence-electron chi connectivity index (χ2n) is 5.87. The van der Waals surface area contributed by atoms with E-state index in [1.165, 1.54) is 12.8 Å². The average Bonchev–Trinajstić information content (AvgIpc) is 3.23. The van der Waals surface area contributed by atoms with Crippen molar-refractivity contribution in [3.63, 3.8) is 0 Å². The minimum atomic E-state index is -0.521. The number of benzene rings is 1. The molecule has 0 radical (unpaired) electrons. The molecule has 0 saturated heterocycles. The second-order valence-corrected chi connectivity index (χ2v) is 5.87. The lowest BCUT2D eigenvalue weighted by Crippen LogP contribution is -2.39. The van der Waals surface area contributed by atoms with E-state index in [4.69, 9.17) is 4.74 Å². The standard InChI is InChI=1S/C16H21N3O2/c1-11(16(20)18(2)10-12-8-9-12)21-15-13-6-4-5-7-14(13)19(3)17-15/h4-7,11-12H,8-10H2,1-3H3/t11-/m1/s1. The lowest BCUT2D eigenvalue weighted by Gasteiger charge is -2.21. The van der Waals surface area contributed by atoms with Crippen molar-refractivity contribution >= 4 is 16.8 Å². The van der Waals surface area contributed by atoms with Gasteiger partial charge in [0, 0.05) is 20.6 Å². The van der Waals surface area contributed by atoms with E-state index in [9.17, 15) is 4.79 Å². The van der Waals surface area contributed by atoms with E-state index in [0.717, 1.165) is 17.4 Å². The van der Waals surface area contributed by atoms with Crippen LogP contribution in [-0.4, -0.2) is 40.3 Å². The topological polar surface area (TPSA) is 47.4 Å². The number of carbonyl (C=O) groups excluding carboxylic acids is 1. The van der Waals surface area contributed by atoms with Gasteiger partial charge in [-0.2, -0.15) is 0 Å². The maximum Gasteiger partial charge on any atom is 0.263 e. The van der Waals surface area contributed by atoms with Gasteiger partial charge in [-0.15, -0.1) is 5.10 Å². The highest BCUT2D eigenvalue weighted by atomic mass is 16.5. The van der Waals surface area contributed by atoms with Gasteiger partial charge in [0.2, 0.25) is 5.88 Å². The number of fused-ring (bicyclic) bond motifs is 1. The highest BCUT2D eigenvalue weighted by Crippen LogP contribution is 2.30. The molecule has 2 aromatic rings. The first kappa shape index (κ1) is 13.9. The Hall–Kier alpha value is -2.04. The molecule has 1 saturated carbocycles. The minimum absolute atomic E-state index is 0.0108. The van der Waals surface area contributed by atoms with Crippen molar-refractivity contribution in [2.75, 3.05) is 13.6 Å². The third-order valence-corrected chi connectivity index (χ3v) is 3.97. The van der Waals surface area contributed by atoms with Crippen LogP contribution in [0.5, 0.6) is 5.88 Å². The summed E-state index contributed by atoms with van der Waals surface area (Å²) in [6.07, 6.45) is 1.95. The summed E-state index contributed by atoms with van der Waals surface area (Å²) in [5.74, 6) is 1.22. The van der Waals surface area contributed by atoms with Crippen LogP contribution in [0, 0.1) is 5.92 Å². The summed E-state index contributed by atoms with van der Waals surface area (Å²) in [4.78, 5) is 14.1. The van der Waals surface area contributed by atoms with Crippen molar-refractivity contribution in [3.8, 4) is 5.88 Å². The van der Waals surface area contributed by atoms with Gasteiger partial charge in [0.1, 0.15) is 0 Å². The summed E-state index contributed by atoms with van der Waals surface area (Å²) in [5.41, 5.74) is 0.999. The first-order valence-electron chi connectivity index (χ1n) is 7.39. The summed E-state index contributed by atoms with van der Waals surface area (Å²) in [6.45, 7) is 2.62. The Kier molecular flexibility index (Phi) is 3.57. The van der Waals surface area contributed by atoms with Gasteiger partial charge in [-0.05, 0) is 37.8 Å². The van der Waals surface area contributed by atoms with Crippen LogP contribution in [0.3, 0.4) is 0 Å². The number of aryl methyl sites for hydroxylation is 1. The fourth-order valence-electron chi connectivity index (χ4n) is 2.57. The van der Waals surface area contributed by atoms with E-state index in [1.807, 2.05) is 38.4 Å². The summed E-state index contributed by atoms with van der Waals surface area (Å²) >= 11 is 0. The van der Waals surface area contributed by atoms with E-state index in [0.29, 0.717) is 11.8 Å². The Labute approximate surface area is 124 Å². The number of likely N-dealkylation sites (N-methyl/N-ethyl adjacent to an activating group) is 1. The van der Waals surface area contributed by atoms with E-state index >= 15 is 0 Å². The predicted octanol–water partition coefficient (Wildman–Crippen LogP) is 2.21. The van der Waals surface area contributed by atoms with Gasteiger partial charge >= 0.3 is 0 Å². The highest BCUT2D eigenvalue weighted by Gasteiger charge is 2.28. The number of para-hydroxylation sites is 1. The maximum atomic E-state index is 12.3. The van der Waals surface area contributed by atoms with Crippen LogP contribution in [0.1, 0.15) is 19.8 Å². The molecular formula is C16H21N3O2. The fraction of sp³-hybridized carbons (Fsp3) is 0.500. The van der Waals surface area contributed by atoms with Crippen molar-refractivity contribution in [2.45, 2.75) is 25.9 Å². The van der Waals surface area contributed by atoms with Crippen LogP contribution in [0.2, 0.25) is 0 Å². The molecule has 1 amide bonds. The van der Waals surface area contributed by atoms with Gasteiger partial charge in [-0.1, -0.05) is 12.1 Å². The van der Waals surface area contributed by atoms with Crippen LogP contribution < -0.4 is 4.74 Å². The van der Waals surface area contributed by atoms with Crippen LogP contribution in [0.4, 0.5) is 0 Å². The largest absolute Gasteiger partial charge is 0.463 e. The molecule has 0 aliphatic heterocycles. The van der Waals surface area contributed by atoms with Crippen molar-refractivity contribution in [1.82, 2.24) is 14.7 Å². The van der Waals surface area contributed by atoms with E-state index in [2.05, 4.69) is 5.10 Å². The number of hydrogen-bond acceptors (Lipinski definition) is 3. The number of hydrogen-bond donors (Lipinski definition) is 0. The van der Waals surface area contributed by atoms with Gasteiger partial charge in [0.15, 0.2) is 6.10 Å². The number of aromatic nitrogens is 2. The Morgan fingerprint density at radius 2 is 2.19 bits per heavy atom. The zero-order chi connectivity index (χ0) is 15.0. The number of rotatable bonds is 5. The second kappa shape index (κ2) is 5.39. The molecule has 21 heavy (non-hydrogen) atoms. The highest BCUT2D eigenvalue weighted by molar-refractivity contribution is 5.85. The lowest BCUT2D eigenvalue weighted by molar-refractivity contribution is -0.136. The van der Waals surface area contributed by atoms with Crippen LogP contribution in [0.25, 0.3) is 10.9 Å². The molecule has 1 aliphatic rings. The maximum absolute atomic E-state index is 12.3. The molecule has 3 rings (SSSR count). The van der Waals surface area contributed by atoms with E-state index in [-0.39, 0.29) is 5.91 Å². The predicted molar refractivity (Wildman–Crippen MR) is 81.2 cm³/mol. The van der Waals surface area contributed by atoms with Crippen LogP contribution in [-0.2, 0) is 11.8 Å². The van der Waals surface area contributed by atoms with Crippen molar-refractivity contribution < 1.29 is 9.53 Å². The summed E-state index contributed by atoms with van der Waals surface area (Å²) in [5, 5.41) is 5.30. The third-order valence-electron chi connectivity index (χ3n) is 3.97. The Bertz CT molecular complexity index is 661. The Balaban J connectivity index is 1.73. The van der Waals surface area contributed by atoms with Gasteiger partial charge in [-0.25, -0.2) is 0 Å². The molecule has 5 heteroatoms. The lowest BCUT2D eigenvalue weighted by atomic mass is 10.2. The quantitative estimate of drug-likeness (QED) is 0.847. The molecule has 0 spiro atoms. The number of amides is 1. The molecule has 1 fully saturated rings. The SMILES string of the molecule is C[C@@H](Oc1nn(C)c2ccccc12)C(=O)N(C)CC1CC1. The van der Waals surface area contributed by atoms with Gasteiger partial charge in [0.25, 0.3) is 5.91 Å². The van der Waals surface area contributed by atoms with E-state index < -0.39 is 6.10 Å². The molecule has 0 bridgehead atoms. The smallest absolute Gasteiger partial charge is 0.263 e. The van der Waals surface area contributed by atoms with Crippen LogP contribution >= 0.6 is 0 Å². The summed E-state index contributed by atoms with van der Waals surface area (Å²) in [7, 11) is 3.72. The zero-order valence-corrected chi connectivity index (χ0v) is 12.7.